The molecule has 0 unspecified atom stereocenters. The summed E-state index contributed by atoms with van der Waals surface area (Å²) in [7, 11) is 0. The van der Waals surface area contributed by atoms with Crippen LogP contribution in [0.25, 0.3) is 0 Å². The molecule has 88 valence electrons. The van der Waals surface area contributed by atoms with E-state index in [2.05, 4.69) is 0 Å². The highest BCUT2D eigenvalue weighted by Crippen LogP contribution is 2.06. The Labute approximate surface area is 96.1 Å². The fraction of sp³-hybridized carbons (Fsp3) is 0.462. The SMILES string of the molecule is C[C@H](C[C@@H](C)O)OC(=O)Cc1ccccc1. The Hall–Kier alpha value is -1.35. The molecule has 3 heteroatoms. The van der Waals surface area contributed by atoms with Crippen molar-refractivity contribution in [1.82, 2.24) is 0 Å². The Morgan fingerprint density at radius 1 is 1.31 bits per heavy atom. The molecule has 1 rings (SSSR count). The van der Waals surface area contributed by atoms with Gasteiger partial charge in [-0.25, -0.2) is 0 Å². The van der Waals surface area contributed by atoms with Crippen LogP contribution >= 0.6 is 0 Å². The highest BCUT2D eigenvalue weighted by atomic mass is 16.5. The molecule has 0 aliphatic heterocycles. The molecule has 0 radical (unpaired) electrons. The molecule has 1 aromatic rings. The average molecular weight is 222 g/mol. The predicted molar refractivity (Wildman–Crippen MR) is 62.0 cm³/mol. The zero-order valence-electron chi connectivity index (χ0n) is 9.72. The smallest absolute Gasteiger partial charge is 0.310 e. The Balaban J connectivity index is 2.36. The monoisotopic (exact) mass is 222 g/mol. The first-order chi connectivity index (χ1) is 7.58. The number of carbonyl (C=O) groups excluding carboxylic acids is 1. The third kappa shape index (κ3) is 4.94. The number of hydrogen-bond acceptors (Lipinski definition) is 3. The van der Waals surface area contributed by atoms with E-state index in [0.29, 0.717) is 6.42 Å². The summed E-state index contributed by atoms with van der Waals surface area (Å²) in [5.74, 6) is -0.251. The second-order valence-electron chi connectivity index (χ2n) is 4.05. The topological polar surface area (TPSA) is 46.5 Å². The van der Waals surface area contributed by atoms with Gasteiger partial charge in [-0.3, -0.25) is 4.79 Å². The second kappa shape index (κ2) is 6.28. The average Bonchev–Trinajstić information content (AvgIpc) is 2.17. The Kier molecular flexibility index (Phi) is 4.99. The highest BCUT2D eigenvalue weighted by molar-refractivity contribution is 5.72. The molecule has 0 saturated heterocycles. The predicted octanol–water partition coefficient (Wildman–Crippen LogP) is 1.93. The van der Waals surface area contributed by atoms with E-state index in [-0.39, 0.29) is 18.5 Å². The van der Waals surface area contributed by atoms with Crippen LogP contribution in [0.15, 0.2) is 30.3 Å². The van der Waals surface area contributed by atoms with E-state index in [1.165, 1.54) is 0 Å². The number of rotatable bonds is 5. The number of benzene rings is 1. The van der Waals surface area contributed by atoms with Crippen LogP contribution in [0.5, 0.6) is 0 Å². The number of aliphatic hydroxyl groups excluding tert-OH is 1. The van der Waals surface area contributed by atoms with Gasteiger partial charge in [0.05, 0.1) is 12.5 Å². The van der Waals surface area contributed by atoms with E-state index in [0.717, 1.165) is 5.56 Å². The minimum Gasteiger partial charge on any atom is -0.462 e. The molecular weight excluding hydrogens is 204 g/mol. The van der Waals surface area contributed by atoms with Gasteiger partial charge in [0.15, 0.2) is 0 Å². The van der Waals surface area contributed by atoms with Crippen LogP contribution in [0.3, 0.4) is 0 Å². The van der Waals surface area contributed by atoms with Gasteiger partial charge in [-0.2, -0.15) is 0 Å². The molecule has 16 heavy (non-hydrogen) atoms. The van der Waals surface area contributed by atoms with Crippen molar-refractivity contribution in [2.45, 2.75) is 38.9 Å². The normalized spacial score (nSPS) is 14.2. The third-order valence-electron chi connectivity index (χ3n) is 2.20. The lowest BCUT2D eigenvalue weighted by Gasteiger charge is -2.14. The van der Waals surface area contributed by atoms with E-state index >= 15 is 0 Å². The zero-order chi connectivity index (χ0) is 12.0. The fourth-order valence-electron chi connectivity index (χ4n) is 1.56. The van der Waals surface area contributed by atoms with E-state index in [4.69, 9.17) is 9.84 Å². The molecule has 0 aromatic heterocycles. The fourth-order valence-corrected chi connectivity index (χ4v) is 1.56. The summed E-state index contributed by atoms with van der Waals surface area (Å²) < 4.78 is 5.17. The maximum Gasteiger partial charge on any atom is 0.310 e. The molecule has 1 aromatic carbocycles. The number of aliphatic hydroxyl groups is 1. The lowest BCUT2D eigenvalue weighted by atomic mass is 10.1. The molecule has 1 N–H and O–H groups in total. The molecule has 3 nitrogen and oxygen atoms in total. The van der Waals surface area contributed by atoms with Gasteiger partial charge >= 0.3 is 5.97 Å². The van der Waals surface area contributed by atoms with Crippen molar-refractivity contribution in [2.75, 3.05) is 0 Å². The van der Waals surface area contributed by atoms with Crippen LogP contribution in [0.2, 0.25) is 0 Å². The summed E-state index contributed by atoms with van der Waals surface area (Å²) in [5, 5.41) is 9.13. The summed E-state index contributed by atoms with van der Waals surface area (Å²) in [4.78, 5) is 11.5. The lowest BCUT2D eigenvalue weighted by molar-refractivity contribution is -0.148. The summed E-state index contributed by atoms with van der Waals surface area (Å²) in [6, 6.07) is 9.47. The highest BCUT2D eigenvalue weighted by Gasteiger charge is 2.12. The maximum absolute atomic E-state index is 11.5. The van der Waals surface area contributed by atoms with Crippen LogP contribution < -0.4 is 0 Å². The standard InChI is InChI=1S/C13H18O3/c1-10(14)8-11(2)16-13(15)9-12-6-4-3-5-7-12/h3-7,10-11,14H,8-9H2,1-2H3/t10-,11-/m1/s1. The number of esters is 1. The number of ether oxygens (including phenoxy) is 1. The van der Waals surface area contributed by atoms with Crippen molar-refractivity contribution in [3.63, 3.8) is 0 Å². The third-order valence-corrected chi connectivity index (χ3v) is 2.20. The van der Waals surface area contributed by atoms with Crippen LogP contribution in [-0.2, 0) is 16.0 Å². The van der Waals surface area contributed by atoms with E-state index < -0.39 is 6.10 Å². The van der Waals surface area contributed by atoms with Crippen LogP contribution in [0.1, 0.15) is 25.8 Å². The van der Waals surface area contributed by atoms with Crippen molar-refractivity contribution < 1.29 is 14.6 Å². The van der Waals surface area contributed by atoms with Gasteiger partial charge in [0.2, 0.25) is 0 Å². The molecule has 0 heterocycles. The molecule has 0 aliphatic carbocycles. The molecule has 0 saturated carbocycles. The number of hydrogen-bond donors (Lipinski definition) is 1. The van der Waals surface area contributed by atoms with Crippen molar-refractivity contribution in [3.8, 4) is 0 Å². The quantitative estimate of drug-likeness (QED) is 0.774. The molecule has 2 atom stereocenters. The van der Waals surface area contributed by atoms with Crippen molar-refractivity contribution in [1.29, 1.82) is 0 Å². The molecule has 0 amide bonds. The van der Waals surface area contributed by atoms with E-state index in [9.17, 15) is 4.79 Å². The van der Waals surface area contributed by atoms with Gasteiger partial charge in [-0.15, -0.1) is 0 Å². The van der Waals surface area contributed by atoms with Gasteiger partial charge < -0.3 is 9.84 Å². The minimum atomic E-state index is -0.445. The molecular formula is C13H18O3. The van der Waals surface area contributed by atoms with E-state index in [1.54, 1.807) is 13.8 Å². The maximum atomic E-state index is 11.5. The van der Waals surface area contributed by atoms with Gasteiger partial charge in [0, 0.05) is 6.42 Å². The van der Waals surface area contributed by atoms with Crippen LogP contribution in [-0.4, -0.2) is 23.3 Å². The first-order valence-corrected chi connectivity index (χ1v) is 5.49. The molecule has 0 bridgehead atoms. The van der Waals surface area contributed by atoms with Crippen LogP contribution in [0.4, 0.5) is 0 Å². The van der Waals surface area contributed by atoms with E-state index in [1.807, 2.05) is 30.3 Å². The minimum absolute atomic E-state index is 0.240. The van der Waals surface area contributed by atoms with Crippen molar-refractivity contribution >= 4 is 5.97 Å². The molecule has 0 aliphatic rings. The van der Waals surface area contributed by atoms with Gasteiger partial charge in [0.1, 0.15) is 6.10 Å². The lowest BCUT2D eigenvalue weighted by Crippen LogP contribution is -2.20. The Morgan fingerprint density at radius 2 is 1.94 bits per heavy atom. The first kappa shape index (κ1) is 12.7. The van der Waals surface area contributed by atoms with Crippen molar-refractivity contribution in [2.24, 2.45) is 0 Å². The Bertz CT molecular complexity index is 319. The van der Waals surface area contributed by atoms with Gasteiger partial charge in [0.25, 0.3) is 0 Å². The first-order valence-electron chi connectivity index (χ1n) is 5.49. The molecule has 0 spiro atoms. The largest absolute Gasteiger partial charge is 0.462 e. The molecule has 0 fully saturated rings. The van der Waals surface area contributed by atoms with Gasteiger partial charge in [-0.1, -0.05) is 30.3 Å². The Morgan fingerprint density at radius 3 is 2.50 bits per heavy atom. The van der Waals surface area contributed by atoms with Crippen molar-refractivity contribution in [3.05, 3.63) is 35.9 Å². The summed E-state index contributed by atoms with van der Waals surface area (Å²) in [6.45, 7) is 3.47. The summed E-state index contributed by atoms with van der Waals surface area (Å²) in [6.07, 6.45) is 0.0710. The van der Waals surface area contributed by atoms with Crippen LogP contribution in [0, 0.1) is 0 Å². The zero-order valence-corrected chi connectivity index (χ0v) is 9.72. The second-order valence-corrected chi connectivity index (χ2v) is 4.05. The summed E-state index contributed by atoms with van der Waals surface area (Å²) in [5.41, 5.74) is 0.941. The number of carbonyl (C=O) groups is 1. The summed E-state index contributed by atoms with van der Waals surface area (Å²) >= 11 is 0. The van der Waals surface area contributed by atoms with Gasteiger partial charge in [-0.05, 0) is 19.4 Å².